The number of nitrogens with one attached hydrogen (secondary N) is 2. The molecule has 2 N–H and O–H groups in total. The number of hydrogen-bond acceptors (Lipinski definition) is 5. The Morgan fingerprint density at radius 3 is 2.91 bits per heavy atom. The lowest BCUT2D eigenvalue weighted by atomic mass is 10.1. The van der Waals surface area contributed by atoms with Crippen LogP contribution in [0.15, 0.2) is 67.0 Å². The van der Waals surface area contributed by atoms with Crippen LogP contribution in [-0.2, 0) is 0 Å². The molecule has 0 bridgehead atoms. The van der Waals surface area contributed by atoms with E-state index in [0.29, 0.717) is 22.4 Å². The molecule has 4 aromatic rings. The quantitative estimate of drug-likeness (QED) is 0.443. The largest absolute Gasteiger partial charge is 0.368 e. The average Bonchev–Trinajstić information content (AvgIpc) is 3.46. The van der Waals surface area contributed by atoms with Crippen molar-refractivity contribution in [1.82, 2.24) is 19.9 Å². The zero-order valence-electron chi connectivity index (χ0n) is 18.3. The van der Waals surface area contributed by atoms with Crippen molar-refractivity contribution in [3.05, 3.63) is 77.7 Å². The summed E-state index contributed by atoms with van der Waals surface area (Å²) in [5, 5.41) is 11.6. The lowest BCUT2D eigenvalue weighted by Crippen LogP contribution is -2.32. The molecule has 1 aliphatic heterocycles. The van der Waals surface area contributed by atoms with Crippen LogP contribution in [0.1, 0.15) is 23.8 Å². The summed E-state index contributed by atoms with van der Waals surface area (Å²) in [5.74, 6) is -0.259. The van der Waals surface area contributed by atoms with Gasteiger partial charge in [0, 0.05) is 35.9 Å². The van der Waals surface area contributed by atoms with Crippen LogP contribution in [0, 0.1) is 0 Å². The summed E-state index contributed by atoms with van der Waals surface area (Å²) in [6.07, 6.45) is 4.57. The van der Waals surface area contributed by atoms with E-state index in [0.717, 1.165) is 48.6 Å². The Morgan fingerprint density at radius 2 is 2.06 bits per heavy atom. The van der Waals surface area contributed by atoms with Gasteiger partial charge in [0.2, 0.25) is 0 Å². The van der Waals surface area contributed by atoms with E-state index in [1.165, 1.54) is 0 Å². The lowest BCUT2D eigenvalue weighted by molar-refractivity contribution is 0.102. The zero-order chi connectivity index (χ0) is 22.8. The first kappa shape index (κ1) is 21.4. The van der Waals surface area contributed by atoms with Gasteiger partial charge in [0.15, 0.2) is 5.65 Å². The minimum atomic E-state index is -0.259. The predicted molar refractivity (Wildman–Crippen MR) is 132 cm³/mol. The second-order valence-corrected chi connectivity index (χ2v) is 8.55. The molecule has 8 heteroatoms. The monoisotopic (exact) mass is 460 g/mol. The molecular weight excluding hydrogens is 436 g/mol. The minimum Gasteiger partial charge on any atom is -0.368 e. The molecule has 1 atom stereocenters. The Labute approximate surface area is 197 Å². The van der Waals surface area contributed by atoms with Crippen molar-refractivity contribution in [3.63, 3.8) is 0 Å². The van der Waals surface area contributed by atoms with E-state index in [1.54, 1.807) is 23.0 Å². The molecule has 33 heavy (non-hydrogen) atoms. The fraction of sp³-hybridized carbons (Fsp3) is 0.240. The van der Waals surface area contributed by atoms with Crippen LogP contribution in [0.5, 0.6) is 0 Å². The first-order valence-corrected chi connectivity index (χ1v) is 11.5. The highest BCUT2D eigenvalue weighted by atomic mass is 35.5. The van der Waals surface area contributed by atoms with E-state index in [2.05, 4.69) is 38.6 Å². The molecular formula is C25H25ClN6O. The third-order valence-corrected chi connectivity index (χ3v) is 6.15. The van der Waals surface area contributed by atoms with Crippen LogP contribution in [0.2, 0.25) is 5.02 Å². The van der Waals surface area contributed by atoms with Gasteiger partial charge in [0.05, 0.1) is 17.6 Å². The third kappa shape index (κ3) is 4.42. The Bertz CT molecular complexity index is 1300. The average molecular weight is 461 g/mol. The standard InChI is InChI=1S/C25H25ClN6O/c1-2-27-19-10-12-31(16-19)23-9-4-3-8-21(23)30-25(33)22-11-13-32-24(29-22)20(15-28-32)17-6-5-7-18(26)14-17/h3-9,11,13-15,19,27H,2,10,12,16H2,1H3,(H,30,33)/t19-/m0/s1. The molecule has 0 aliphatic carbocycles. The van der Waals surface area contributed by atoms with Crippen LogP contribution >= 0.6 is 11.6 Å². The summed E-state index contributed by atoms with van der Waals surface area (Å²) in [7, 11) is 0. The molecule has 1 fully saturated rings. The van der Waals surface area contributed by atoms with Gasteiger partial charge < -0.3 is 15.5 Å². The highest BCUT2D eigenvalue weighted by molar-refractivity contribution is 6.30. The van der Waals surface area contributed by atoms with Crippen LogP contribution in [0.4, 0.5) is 11.4 Å². The number of rotatable bonds is 6. The molecule has 0 unspecified atom stereocenters. The molecule has 168 valence electrons. The lowest BCUT2D eigenvalue weighted by Gasteiger charge is -2.22. The third-order valence-electron chi connectivity index (χ3n) is 5.91. The predicted octanol–water partition coefficient (Wildman–Crippen LogP) is 4.49. The van der Waals surface area contributed by atoms with E-state index in [1.807, 2.05) is 42.5 Å². The van der Waals surface area contributed by atoms with E-state index >= 15 is 0 Å². The summed E-state index contributed by atoms with van der Waals surface area (Å²) in [6, 6.07) is 17.6. The van der Waals surface area contributed by atoms with Crippen molar-refractivity contribution in [3.8, 4) is 11.1 Å². The minimum absolute atomic E-state index is 0.259. The van der Waals surface area contributed by atoms with Gasteiger partial charge in [-0.1, -0.05) is 42.8 Å². The van der Waals surface area contributed by atoms with Gasteiger partial charge in [-0.25, -0.2) is 9.50 Å². The topological polar surface area (TPSA) is 74.6 Å². The first-order chi connectivity index (χ1) is 16.1. The Hall–Kier alpha value is -3.42. The van der Waals surface area contributed by atoms with Crippen LogP contribution in [0.3, 0.4) is 0 Å². The number of anilines is 2. The van der Waals surface area contributed by atoms with E-state index < -0.39 is 0 Å². The molecule has 5 rings (SSSR count). The number of fused-ring (bicyclic) bond motifs is 1. The van der Waals surface area contributed by atoms with Crippen LogP contribution in [-0.4, -0.2) is 46.2 Å². The molecule has 0 saturated carbocycles. The molecule has 1 amide bonds. The Kier molecular flexibility index (Phi) is 5.98. The molecule has 2 aromatic carbocycles. The number of hydrogen-bond donors (Lipinski definition) is 2. The van der Waals surface area contributed by atoms with Gasteiger partial charge in [0.25, 0.3) is 5.91 Å². The maximum Gasteiger partial charge on any atom is 0.274 e. The normalized spacial score (nSPS) is 15.8. The van der Waals surface area contributed by atoms with Crippen LogP contribution in [0.25, 0.3) is 16.8 Å². The Balaban J connectivity index is 1.41. The summed E-state index contributed by atoms with van der Waals surface area (Å²) >= 11 is 6.16. The van der Waals surface area contributed by atoms with Crippen molar-refractivity contribution in [2.24, 2.45) is 0 Å². The molecule has 0 spiro atoms. The highest BCUT2D eigenvalue weighted by Gasteiger charge is 2.24. The fourth-order valence-electron chi connectivity index (χ4n) is 4.33. The number of amides is 1. The van der Waals surface area contributed by atoms with Crippen LogP contribution < -0.4 is 15.5 Å². The fourth-order valence-corrected chi connectivity index (χ4v) is 4.52. The number of benzene rings is 2. The maximum absolute atomic E-state index is 13.2. The maximum atomic E-state index is 13.2. The first-order valence-electron chi connectivity index (χ1n) is 11.1. The van der Waals surface area contributed by atoms with E-state index in [9.17, 15) is 4.79 Å². The van der Waals surface area contributed by atoms with Crippen molar-refractivity contribution in [2.45, 2.75) is 19.4 Å². The smallest absolute Gasteiger partial charge is 0.274 e. The molecule has 0 radical (unpaired) electrons. The SMILES string of the molecule is CCN[C@H]1CCN(c2ccccc2NC(=O)c2ccn3ncc(-c4cccc(Cl)c4)c3n2)C1. The molecule has 1 aliphatic rings. The summed E-state index contributed by atoms with van der Waals surface area (Å²) in [5.41, 5.74) is 4.46. The number of carbonyl (C=O) groups is 1. The summed E-state index contributed by atoms with van der Waals surface area (Å²) in [6.45, 7) is 4.95. The van der Waals surface area contributed by atoms with Crippen molar-refractivity contribution in [1.29, 1.82) is 0 Å². The van der Waals surface area contributed by atoms with Crippen molar-refractivity contribution < 1.29 is 4.79 Å². The Morgan fingerprint density at radius 1 is 1.18 bits per heavy atom. The summed E-state index contributed by atoms with van der Waals surface area (Å²) < 4.78 is 1.66. The van der Waals surface area contributed by atoms with Gasteiger partial charge in [-0.05, 0) is 48.9 Å². The second kappa shape index (κ2) is 9.21. The molecule has 7 nitrogen and oxygen atoms in total. The van der Waals surface area contributed by atoms with Gasteiger partial charge in [-0.15, -0.1) is 0 Å². The van der Waals surface area contributed by atoms with Crippen molar-refractivity contribution in [2.75, 3.05) is 29.9 Å². The van der Waals surface area contributed by atoms with Gasteiger partial charge in [0.1, 0.15) is 5.69 Å². The number of para-hydroxylation sites is 2. The highest BCUT2D eigenvalue weighted by Crippen LogP contribution is 2.30. The molecule has 1 saturated heterocycles. The van der Waals surface area contributed by atoms with Gasteiger partial charge in [-0.3, -0.25) is 4.79 Å². The number of nitrogens with zero attached hydrogens (tertiary/aromatic N) is 4. The summed E-state index contributed by atoms with van der Waals surface area (Å²) in [4.78, 5) is 20.1. The number of aromatic nitrogens is 3. The number of likely N-dealkylation sites (N-methyl/N-ethyl adjacent to an activating group) is 1. The van der Waals surface area contributed by atoms with E-state index in [4.69, 9.17) is 11.6 Å². The van der Waals surface area contributed by atoms with Crippen molar-refractivity contribution >= 4 is 34.5 Å². The van der Waals surface area contributed by atoms with Gasteiger partial charge >= 0.3 is 0 Å². The number of carbonyl (C=O) groups excluding carboxylic acids is 1. The van der Waals surface area contributed by atoms with Gasteiger partial charge in [-0.2, -0.15) is 5.10 Å². The van der Waals surface area contributed by atoms with E-state index in [-0.39, 0.29) is 5.91 Å². The molecule has 2 aromatic heterocycles. The molecule has 3 heterocycles. The second-order valence-electron chi connectivity index (χ2n) is 8.11. The zero-order valence-corrected chi connectivity index (χ0v) is 19.1. The number of halogens is 1.